The number of H-pyrrole nitrogens is 1. The first-order chi connectivity index (χ1) is 8.51. The summed E-state index contributed by atoms with van der Waals surface area (Å²) in [5.74, 6) is 0.653. The normalized spacial score (nSPS) is 11.9. The molecule has 2 N–H and O–H groups in total. The molecule has 6 nitrogen and oxygen atoms in total. The Hall–Kier alpha value is -1.25. The molecule has 0 amide bonds. The summed E-state index contributed by atoms with van der Waals surface area (Å²) in [6, 6.07) is 0. The Balaban J connectivity index is 2.07. The summed E-state index contributed by atoms with van der Waals surface area (Å²) in [4.78, 5) is 10.9. The van der Waals surface area contributed by atoms with Crippen LogP contribution in [-0.2, 0) is 23.0 Å². The number of nitrogens with one attached hydrogen (secondary N) is 2. The van der Waals surface area contributed by atoms with Crippen molar-refractivity contribution >= 4 is 21.4 Å². The van der Waals surface area contributed by atoms with E-state index in [-0.39, 0.29) is 11.6 Å². The summed E-state index contributed by atoms with van der Waals surface area (Å²) in [5, 5.41) is 2.72. The van der Waals surface area contributed by atoms with Crippen molar-refractivity contribution in [1.82, 2.24) is 19.7 Å². The maximum atomic E-state index is 11.9. The van der Waals surface area contributed by atoms with Crippen LogP contribution in [0, 0.1) is 6.92 Å². The molecule has 2 rings (SSSR count). The summed E-state index contributed by atoms with van der Waals surface area (Å²) in [5.41, 5.74) is 0.893. The van der Waals surface area contributed by atoms with Gasteiger partial charge in [-0.3, -0.25) is 0 Å². The van der Waals surface area contributed by atoms with Crippen molar-refractivity contribution in [3.8, 4) is 0 Å². The Labute approximate surface area is 110 Å². The first kappa shape index (κ1) is 13.2. The number of aromatic amines is 1. The maximum Gasteiger partial charge on any atom is 0.258 e. The predicted octanol–water partition coefficient (Wildman–Crippen LogP) is 1.22. The fourth-order valence-corrected chi connectivity index (χ4v) is 3.11. The van der Waals surface area contributed by atoms with Crippen molar-refractivity contribution in [2.24, 2.45) is 0 Å². The highest BCUT2D eigenvalue weighted by atomic mass is 32.2. The molecule has 2 aromatic heterocycles. The van der Waals surface area contributed by atoms with Crippen LogP contribution < -0.4 is 4.72 Å². The first-order valence-electron chi connectivity index (χ1n) is 5.46. The number of hydrogen-bond acceptors (Lipinski definition) is 5. The molecule has 2 aromatic rings. The third-order valence-corrected chi connectivity index (χ3v) is 4.59. The number of nitrogens with zero attached hydrogens (tertiary/aromatic N) is 2. The Morgan fingerprint density at radius 1 is 1.50 bits per heavy atom. The minimum absolute atomic E-state index is 0.0904. The fourth-order valence-electron chi connectivity index (χ4n) is 1.38. The highest BCUT2D eigenvalue weighted by Crippen LogP contribution is 2.11. The van der Waals surface area contributed by atoms with Crippen LogP contribution in [0.3, 0.4) is 0 Å². The van der Waals surface area contributed by atoms with Gasteiger partial charge in [0, 0.05) is 17.5 Å². The SMILES string of the molecule is CCc1ncc(S(=O)(=O)NCc2nc(C)cs2)[nH]1. The standard InChI is InChI=1S/C10H14N4O2S2/c1-3-8-11-5-10(14-8)18(15,16)12-4-9-13-7(2)6-17-9/h5-6,12H,3-4H2,1-2H3,(H,11,14). The van der Waals surface area contributed by atoms with Gasteiger partial charge in [-0.25, -0.2) is 23.1 Å². The lowest BCUT2D eigenvalue weighted by molar-refractivity contribution is 0.577. The van der Waals surface area contributed by atoms with Crippen LogP contribution in [-0.4, -0.2) is 23.4 Å². The Kier molecular flexibility index (Phi) is 3.79. The van der Waals surface area contributed by atoms with Gasteiger partial charge in [0.15, 0.2) is 5.03 Å². The molecular weight excluding hydrogens is 272 g/mol. The van der Waals surface area contributed by atoms with Crippen molar-refractivity contribution < 1.29 is 8.42 Å². The predicted molar refractivity (Wildman–Crippen MR) is 68.8 cm³/mol. The molecule has 98 valence electrons. The molecule has 0 aliphatic heterocycles. The zero-order valence-electron chi connectivity index (χ0n) is 10.1. The Morgan fingerprint density at radius 2 is 2.28 bits per heavy atom. The van der Waals surface area contributed by atoms with Crippen LogP contribution in [0.2, 0.25) is 0 Å². The van der Waals surface area contributed by atoms with Crippen molar-refractivity contribution in [2.45, 2.75) is 31.8 Å². The summed E-state index contributed by atoms with van der Waals surface area (Å²) in [7, 11) is -3.54. The highest BCUT2D eigenvalue weighted by molar-refractivity contribution is 7.89. The molecule has 0 aliphatic rings. The largest absolute Gasteiger partial charge is 0.332 e. The zero-order chi connectivity index (χ0) is 13.2. The topological polar surface area (TPSA) is 87.7 Å². The fraction of sp³-hybridized carbons (Fsp3) is 0.400. The van der Waals surface area contributed by atoms with E-state index in [0.29, 0.717) is 12.2 Å². The Morgan fingerprint density at radius 3 is 2.83 bits per heavy atom. The summed E-state index contributed by atoms with van der Waals surface area (Å²) < 4.78 is 26.4. The van der Waals surface area contributed by atoms with Crippen LogP contribution in [0.4, 0.5) is 0 Å². The van der Waals surface area contributed by atoms with Crippen LogP contribution in [0.25, 0.3) is 0 Å². The molecule has 0 saturated heterocycles. The lowest BCUT2D eigenvalue weighted by Crippen LogP contribution is -2.23. The van der Waals surface area contributed by atoms with Gasteiger partial charge in [-0.05, 0) is 6.92 Å². The third kappa shape index (κ3) is 2.95. The summed E-state index contributed by atoms with van der Waals surface area (Å²) in [6.07, 6.45) is 2.00. The molecule has 0 bridgehead atoms. The minimum Gasteiger partial charge on any atom is -0.332 e. The number of aryl methyl sites for hydroxylation is 2. The molecule has 0 spiro atoms. The van der Waals surface area contributed by atoms with Gasteiger partial charge in [-0.2, -0.15) is 0 Å². The van der Waals surface area contributed by atoms with Gasteiger partial charge in [-0.15, -0.1) is 11.3 Å². The van der Waals surface area contributed by atoms with E-state index < -0.39 is 10.0 Å². The van der Waals surface area contributed by atoms with Gasteiger partial charge in [0.05, 0.1) is 12.7 Å². The van der Waals surface area contributed by atoms with Gasteiger partial charge in [0.25, 0.3) is 10.0 Å². The van der Waals surface area contributed by atoms with Crippen molar-refractivity contribution in [3.05, 3.63) is 28.1 Å². The second kappa shape index (κ2) is 5.17. The van der Waals surface area contributed by atoms with Crippen LogP contribution in [0.1, 0.15) is 23.4 Å². The van der Waals surface area contributed by atoms with E-state index in [9.17, 15) is 8.42 Å². The molecule has 0 fully saturated rings. The number of aromatic nitrogens is 3. The minimum atomic E-state index is -3.54. The number of imidazole rings is 1. The van der Waals surface area contributed by atoms with Gasteiger partial charge in [0.2, 0.25) is 0 Å². The van der Waals surface area contributed by atoms with Gasteiger partial charge in [-0.1, -0.05) is 6.92 Å². The van der Waals surface area contributed by atoms with Crippen LogP contribution in [0.15, 0.2) is 16.6 Å². The highest BCUT2D eigenvalue weighted by Gasteiger charge is 2.17. The lowest BCUT2D eigenvalue weighted by Gasteiger charge is -2.01. The molecule has 2 heterocycles. The van der Waals surface area contributed by atoms with Crippen LogP contribution >= 0.6 is 11.3 Å². The number of sulfonamides is 1. The maximum absolute atomic E-state index is 11.9. The van der Waals surface area contributed by atoms with Crippen molar-refractivity contribution in [1.29, 1.82) is 0 Å². The van der Waals surface area contributed by atoms with Crippen LogP contribution in [0.5, 0.6) is 0 Å². The average Bonchev–Trinajstić information content (AvgIpc) is 2.95. The van der Waals surface area contributed by atoms with Crippen molar-refractivity contribution in [3.63, 3.8) is 0 Å². The lowest BCUT2D eigenvalue weighted by atomic mass is 10.5. The second-order valence-corrected chi connectivity index (χ2v) is 6.43. The monoisotopic (exact) mass is 286 g/mol. The smallest absolute Gasteiger partial charge is 0.258 e. The van der Waals surface area contributed by atoms with Gasteiger partial charge < -0.3 is 4.98 Å². The molecule has 18 heavy (non-hydrogen) atoms. The summed E-state index contributed by atoms with van der Waals surface area (Å²) >= 11 is 1.43. The number of rotatable bonds is 5. The molecule has 0 aliphatic carbocycles. The van der Waals surface area contributed by atoms with E-state index in [1.807, 2.05) is 19.2 Å². The van der Waals surface area contributed by atoms with E-state index in [2.05, 4.69) is 19.7 Å². The molecule has 0 aromatic carbocycles. The molecular formula is C10H14N4O2S2. The van der Waals surface area contributed by atoms with Crippen molar-refractivity contribution in [2.75, 3.05) is 0 Å². The molecule has 0 unspecified atom stereocenters. The number of hydrogen-bond donors (Lipinski definition) is 2. The van der Waals surface area contributed by atoms with E-state index in [0.717, 1.165) is 10.7 Å². The van der Waals surface area contributed by atoms with E-state index >= 15 is 0 Å². The zero-order valence-corrected chi connectivity index (χ0v) is 11.7. The molecule has 0 atom stereocenters. The van der Waals surface area contributed by atoms with Gasteiger partial charge >= 0.3 is 0 Å². The first-order valence-corrected chi connectivity index (χ1v) is 7.82. The second-order valence-electron chi connectivity index (χ2n) is 3.75. The summed E-state index contributed by atoms with van der Waals surface area (Å²) in [6.45, 7) is 3.97. The van der Waals surface area contributed by atoms with E-state index in [4.69, 9.17) is 0 Å². The molecule has 0 radical (unpaired) electrons. The quantitative estimate of drug-likeness (QED) is 0.865. The average molecular weight is 286 g/mol. The molecule has 8 heteroatoms. The van der Waals surface area contributed by atoms with E-state index in [1.54, 1.807) is 0 Å². The van der Waals surface area contributed by atoms with E-state index in [1.165, 1.54) is 17.5 Å². The molecule has 0 saturated carbocycles. The number of thiazole rings is 1. The van der Waals surface area contributed by atoms with Gasteiger partial charge in [0.1, 0.15) is 10.8 Å². The third-order valence-electron chi connectivity index (χ3n) is 2.31. The Bertz CT molecular complexity index is 630.